The summed E-state index contributed by atoms with van der Waals surface area (Å²) in [6, 6.07) is 6.27. The fourth-order valence-electron chi connectivity index (χ4n) is 1.86. The maximum Gasteiger partial charge on any atom is 0.211 e. The van der Waals surface area contributed by atoms with Crippen molar-refractivity contribution >= 4 is 10.0 Å². The first-order valence-electron chi connectivity index (χ1n) is 6.90. The molecule has 0 aliphatic carbocycles. The van der Waals surface area contributed by atoms with Gasteiger partial charge < -0.3 is 0 Å². The lowest BCUT2D eigenvalue weighted by molar-refractivity contribution is 0.365. The zero-order valence-electron chi connectivity index (χ0n) is 12.4. The highest BCUT2D eigenvalue weighted by Gasteiger charge is 2.13. The van der Waals surface area contributed by atoms with Crippen LogP contribution in [-0.4, -0.2) is 20.7 Å². The van der Waals surface area contributed by atoms with Gasteiger partial charge in [-0.05, 0) is 36.3 Å². The van der Waals surface area contributed by atoms with E-state index in [1.54, 1.807) is 18.2 Å². The molecular weight excluding hydrogens is 277 g/mol. The first kappa shape index (κ1) is 17.1. The molecule has 0 aromatic heterocycles. The quantitative estimate of drug-likeness (QED) is 0.787. The normalized spacial score (nSPS) is 12.6. The van der Waals surface area contributed by atoms with Crippen molar-refractivity contribution in [2.45, 2.75) is 40.0 Å². The molecule has 0 aliphatic rings. The molecule has 0 saturated carbocycles. The van der Waals surface area contributed by atoms with Crippen molar-refractivity contribution in [2.24, 2.45) is 5.41 Å². The Hall–Kier alpha value is -0.940. The van der Waals surface area contributed by atoms with E-state index in [1.165, 1.54) is 6.07 Å². The topological polar surface area (TPSA) is 46.2 Å². The molecule has 0 spiro atoms. The molecule has 0 bridgehead atoms. The molecule has 0 heterocycles. The molecule has 0 radical (unpaired) electrons. The Morgan fingerprint density at radius 1 is 1.20 bits per heavy atom. The minimum atomic E-state index is -3.33. The molecule has 0 aliphatic heterocycles. The average Bonchev–Trinajstić information content (AvgIpc) is 2.33. The number of hydrogen-bond acceptors (Lipinski definition) is 2. The average molecular weight is 301 g/mol. The summed E-state index contributed by atoms with van der Waals surface area (Å²) in [5.74, 6) is -0.431. The first-order chi connectivity index (χ1) is 9.20. The van der Waals surface area contributed by atoms with E-state index in [0.717, 1.165) is 12.8 Å². The summed E-state index contributed by atoms with van der Waals surface area (Å²) in [5.41, 5.74) is 0.645. The van der Waals surface area contributed by atoms with E-state index in [4.69, 9.17) is 0 Å². The van der Waals surface area contributed by atoms with Crippen LogP contribution in [0.15, 0.2) is 24.3 Å². The number of sulfonamides is 1. The van der Waals surface area contributed by atoms with Crippen LogP contribution in [-0.2, 0) is 16.4 Å². The van der Waals surface area contributed by atoms with Gasteiger partial charge in [0.15, 0.2) is 0 Å². The van der Waals surface area contributed by atoms with Gasteiger partial charge in [-0.3, -0.25) is 0 Å². The van der Waals surface area contributed by atoms with Crippen molar-refractivity contribution in [1.29, 1.82) is 0 Å². The highest BCUT2D eigenvalue weighted by atomic mass is 32.2. The smallest absolute Gasteiger partial charge is 0.211 e. The second kappa shape index (κ2) is 7.18. The van der Waals surface area contributed by atoms with E-state index in [0.29, 0.717) is 12.1 Å². The van der Waals surface area contributed by atoms with Crippen molar-refractivity contribution in [1.82, 2.24) is 4.72 Å². The Kier molecular flexibility index (Phi) is 6.14. The lowest BCUT2D eigenvalue weighted by Crippen LogP contribution is -2.28. The summed E-state index contributed by atoms with van der Waals surface area (Å²) >= 11 is 0. The number of hydrogen-bond donors (Lipinski definition) is 1. The maximum atomic E-state index is 13.4. The number of benzene rings is 1. The lowest BCUT2D eigenvalue weighted by Gasteiger charge is -2.17. The van der Waals surface area contributed by atoms with Crippen molar-refractivity contribution in [3.63, 3.8) is 0 Å². The highest BCUT2D eigenvalue weighted by molar-refractivity contribution is 7.89. The summed E-state index contributed by atoms with van der Waals surface area (Å²) in [4.78, 5) is 0. The minimum Gasteiger partial charge on any atom is -0.215 e. The molecule has 1 N–H and O–H groups in total. The van der Waals surface area contributed by atoms with Gasteiger partial charge in [0.1, 0.15) is 5.82 Å². The molecule has 0 saturated heterocycles. The number of rotatable bonds is 7. The van der Waals surface area contributed by atoms with Gasteiger partial charge in [0.2, 0.25) is 10.0 Å². The molecule has 3 nitrogen and oxygen atoms in total. The first-order valence-corrected chi connectivity index (χ1v) is 8.56. The molecule has 20 heavy (non-hydrogen) atoms. The fraction of sp³-hybridized carbons (Fsp3) is 0.600. The third-order valence-corrected chi connectivity index (χ3v) is 4.41. The van der Waals surface area contributed by atoms with Crippen LogP contribution in [0.2, 0.25) is 0 Å². The molecule has 0 fully saturated rings. The third-order valence-electron chi connectivity index (χ3n) is 3.02. The largest absolute Gasteiger partial charge is 0.215 e. The SMILES string of the molecule is CC(C)(C)CCCNS(=O)(=O)CCc1ccccc1F. The van der Waals surface area contributed by atoms with E-state index in [2.05, 4.69) is 25.5 Å². The van der Waals surface area contributed by atoms with Gasteiger partial charge in [0.25, 0.3) is 0 Å². The van der Waals surface area contributed by atoms with Crippen LogP contribution < -0.4 is 4.72 Å². The summed E-state index contributed by atoms with van der Waals surface area (Å²) in [6.45, 7) is 6.82. The van der Waals surface area contributed by atoms with Gasteiger partial charge >= 0.3 is 0 Å². The van der Waals surface area contributed by atoms with Crippen molar-refractivity contribution < 1.29 is 12.8 Å². The standard InChI is InChI=1S/C15H24FNO2S/c1-15(2,3)10-6-11-17-20(18,19)12-9-13-7-4-5-8-14(13)16/h4-5,7-8,17H,6,9-12H2,1-3H3. The van der Waals surface area contributed by atoms with Gasteiger partial charge in [-0.1, -0.05) is 39.0 Å². The fourth-order valence-corrected chi connectivity index (χ4v) is 2.95. The van der Waals surface area contributed by atoms with Gasteiger partial charge in [0, 0.05) is 6.54 Å². The zero-order chi connectivity index (χ0) is 15.2. The van der Waals surface area contributed by atoms with E-state index >= 15 is 0 Å². The van der Waals surface area contributed by atoms with Crippen LogP contribution in [0, 0.1) is 11.2 Å². The van der Waals surface area contributed by atoms with Crippen LogP contribution >= 0.6 is 0 Å². The molecule has 1 aromatic rings. The van der Waals surface area contributed by atoms with Gasteiger partial charge in [-0.15, -0.1) is 0 Å². The Labute approximate surface area is 121 Å². The molecule has 0 amide bonds. The van der Waals surface area contributed by atoms with Crippen LogP contribution in [0.5, 0.6) is 0 Å². The van der Waals surface area contributed by atoms with Crippen LogP contribution in [0.4, 0.5) is 4.39 Å². The molecule has 1 aromatic carbocycles. The summed E-state index contributed by atoms with van der Waals surface area (Å²) in [7, 11) is -3.33. The molecule has 0 atom stereocenters. The summed E-state index contributed by atoms with van der Waals surface area (Å²) in [6.07, 6.45) is 1.96. The number of aryl methyl sites for hydroxylation is 1. The van der Waals surface area contributed by atoms with Crippen molar-refractivity contribution in [3.8, 4) is 0 Å². The van der Waals surface area contributed by atoms with E-state index in [9.17, 15) is 12.8 Å². The van der Waals surface area contributed by atoms with Gasteiger partial charge in [-0.25, -0.2) is 17.5 Å². The van der Waals surface area contributed by atoms with E-state index < -0.39 is 10.0 Å². The molecule has 1 rings (SSSR count). The molecule has 114 valence electrons. The number of nitrogens with one attached hydrogen (secondary N) is 1. The minimum absolute atomic E-state index is 0.0799. The second-order valence-corrected chi connectivity index (χ2v) is 8.15. The molecule has 5 heteroatoms. The van der Waals surface area contributed by atoms with Crippen molar-refractivity contribution in [2.75, 3.05) is 12.3 Å². The Bertz CT molecular complexity index is 521. The molecular formula is C15H24FNO2S. The van der Waals surface area contributed by atoms with Crippen LogP contribution in [0.25, 0.3) is 0 Å². The van der Waals surface area contributed by atoms with Gasteiger partial charge in [-0.2, -0.15) is 0 Å². The number of halogens is 1. The molecule has 0 unspecified atom stereocenters. The third kappa shape index (κ3) is 7.01. The predicted octanol–water partition coefficient (Wildman–Crippen LogP) is 3.11. The lowest BCUT2D eigenvalue weighted by atomic mass is 9.91. The zero-order valence-corrected chi connectivity index (χ0v) is 13.3. The van der Waals surface area contributed by atoms with E-state index in [-0.39, 0.29) is 23.4 Å². The van der Waals surface area contributed by atoms with Crippen molar-refractivity contribution in [3.05, 3.63) is 35.6 Å². The predicted molar refractivity (Wildman–Crippen MR) is 80.6 cm³/mol. The maximum absolute atomic E-state index is 13.4. The summed E-state index contributed by atoms with van der Waals surface area (Å²) < 4.78 is 39.6. The van der Waals surface area contributed by atoms with E-state index in [1.807, 2.05) is 0 Å². The monoisotopic (exact) mass is 301 g/mol. The van der Waals surface area contributed by atoms with Crippen LogP contribution in [0.3, 0.4) is 0 Å². The van der Waals surface area contributed by atoms with Crippen LogP contribution in [0.1, 0.15) is 39.2 Å². The second-order valence-electron chi connectivity index (χ2n) is 6.22. The Balaban J connectivity index is 2.37. The summed E-state index contributed by atoms with van der Waals surface area (Å²) in [5, 5.41) is 0. The van der Waals surface area contributed by atoms with Gasteiger partial charge in [0.05, 0.1) is 5.75 Å². The highest BCUT2D eigenvalue weighted by Crippen LogP contribution is 2.19. The Morgan fingerprint density at radius 2 is 1.85 bits per heavy atom. The Morgan fingerprint density at radius 3 is 2.45 bits per heavy atom.